The van der Waals surface area contributed by atoms with Crippen molar-refractivity contribution in [2.45, 2.75) is 5.25 Å². The first kappa shape index (κ1) is 11.9. The van der Waals surface area contributed by atoms with Gasteiger partial charge in [0.15, 0.2) is 11.5 Å². The molecule has 6 heteroatoms. The molecule has 1 aliphatic heterocycles. The summed E-state index contributed by atoms with van der Waals surface area (Å²) in [6.45, 7) is 0. The lowest BCUT2D eigenvalue weighted by Gasteiger charge is -2.19. The highest BCUT2D eigenvalue weighted by atomic mass is 32.2. The summed E-state index contributed by atoms with van der Waals surface area (Å²) in [6, 6.07) is 0. The summed E-state index contributed by atoms with van der Waals surface area (Å²) in [7, 11) is 3.34. The van der Waals surface area contributed by atoms with Crippen molar-refractivity contribution in [3.63, 3.8) is 0 Å². The van der Waals surface area contributed by atoms with Crippen molar-refractivity contribution < 1.29 is 9.53 Å². The van der Waals surface area contributed by atoms with Crippen molar-refractivity contribution in [3.8, 4) is 5.75 Å². The molecule has 1 atom stereocenters. The summed E-state index contributed by atoms with van der Waals surface area (Å²) < 4.78 is 6.76. The van der Waals surface area contributed by atoms with Crippen LogP contribution in [0.4, 0.5) is 0 Å². The third kappa shape index (κ3) is 2.22. The molecule has 4 nitrogen and oxygen atoms in total. The number of ether oxygens (including phenoxy) is 1. The highest BCUT2D eigenvalue weighted by molar-refractivity contribution is 8.07. The molecule has 2 heterocycles. The van der Waals surface area contributed by atoms with E-state index < -0.39 is 0 Å². The van der Waals surface area contributed by atoms with Crippen molar-refractivity contribution in [3.05, 3.63) is 11.9 Å². The Morgan fingerprint density at radius 3 is 3.06 bits per heavy atom. The standard InChI is InChI=1S/C10H14N2O2S2/c1-12-9(7(14-2)5-11-12)10(13)8-6-15-3-4-16-8/h5,8H,3-4,6H2,1-2H3. The second-order valence-electron chi connectivity index (χ2n) is 3.48. The molecule has 0 bridgehead atoms. The molecule has 1 unspecified atom stereocenters. The first-order valence-corrected chi connectivity index (χ1v) is 7.24. The Hall–Kier alpha value is -0.620. The molecular weight excluding hydrogens is 244 g/mol. The molecule has 2 rings (SSSR count). The van der Waals surface area contributed by atoms with Crippen LogP contribution in [0.1, 0.15) is 10.5 Å². The monoisotopic (exact) mass is 258 g/mol. The lowest BCUT2D eigenvalue weighted by atomic mass is 10.2. The maximum atomic E-state index is 12.3. The van der Waals surface area contributed by atoms with Gasteiger partial charge < -0.3 is 4.74 Å². The number of methoxy groups -OCH3 is 1. The summed E-state index contributed by atoms with van der Waals surface area (Å²) >= 11 is 3.57. The fraction of sp³-hybridized carbons (Fsp3) is 0.600. The van der Waals surface area contributed by atoms with Crippen LogP contribution in [0.15, 0.2) is 6.20 Å². The van der Waals surface area contributed by atoms with Crippen LogP contribution in [0, 0.1) is 0 Å². The van der Waals surface area contributed by atoms with Gasteiger partial charge in [0.05, 0.1) is 18.6 Å². The van der Waals surface area contributed by atoms with E-state index in [9.17, 15) is 4.79 Å². The topological polar surface area (TPSA) is 44.1 Å². The molecule has 0 amide bonds. The Morgan fingerprint density at radius 1 is 1.62 bits per heavy atom. The summed E-state index contributed by atoms with van der Waals surface area (Å²) in [5.41, 5.74) is 0.586. The van der Waals surface area contributed by atoms with Gasteiger partial charge in [-0.05, 0) is 0 Å². The zero-order valence-electron chi connectivity index (χ0n) is 9.30. The van der Waals surface area contributed by atoms with Gasteiger partial charge in [0.1, 0.15) is 5.69 Å². The van der Waals surface area contributed by atoms with Gasteiger partial charge in [0, 0.05) is 24.3 Å². The third-order valence-electron chi connectivity index (χ3n) is 2.47. The number of carbonyl (C=O) groups excluding carboxylic acids is 1. The molecular formula is C10H14N2O2S2. The minimum atomic E-state index is 0.0445. The number of aromatic nitrogens is 2. The number of nitrogens with zero attached hydrogens (tertiary/aromatic N) is 2. The van der Waals surface area contributed by atoms with Crippen molar-refractivity contribution >= 4 is 29.3 Å². The molecule has 1 aromatic rings. The van der Waals surface area contributed by atoms with E-state index >= 15 is 0 Å². The first-order chi connectivity index (χ1) is 7.74. The van der Waals surface area contributed by atoms with E-state index in [0.29, 0.717) is 11.4 Å². The van der Waals surface area contributed by atoms with Crippen LogP contribution in [-0.2, 0) is 7.05 Å². The van der Waals surface area contributed by atoms with Crippen molar-refractivity contribution in [1.29, 1.82) is 0 Å². The van der Waals surface area contributed by atoms with Crippen LogP contribution >= 0.6 is 23.5 Å². The molecule has 1 aromatic heterocycles. The van der Waals surface area contributed by atoms with E-state index in [1.165, 1.54) is 0 Å². The molecule has 0 aliphatic carbocycles. The van der Waals surface area contributed by atoms with Crippen LogP contribution in [0.5, 0.6) is 5.75 Å². The predicted molar refractivity (Wildman–Crippen MR) is 67.7 cm³/mol. The Morgan fingerprint density at radius 2 is 2.44 bits per heavy atom. The SMILES string of the molecule is COc1cnn(C)c1C(=O)C1CSCCS1. The third-order valence-corrected chi connectivity index (χ3v) is 5.22. The van der Waals surface area contributed by atoms with Gasteiger partial charge in [-0.3, -0.25) is 9.48 Å². The highest BCUT2D eigenvalue weighted by Gasteiger charge is 2.28. The number of thioether (sulfide) groups is 2. The fourth-order valence-corrected chi connectivity index (χ4v) is 4.25. The number of aryl methyl sites for hydroxylation is 1. The van der Waals surface area contributed by atoms with Gasteiger partial charge in [-0.1, -0.05) is 0 Å². The lowest BCUT2D eigenvalue weighted by Crippen LogP contribution is -2.26. The summed E-state index contributed by atoms with van der Waals surface area (Å²) in [4.78, 5) is 12.3. The van der Waals surface area contributed by atoms with Crippen LogP contribution in [-0.4, -0.2) is 45.2 Å². The van der Waals surface area contributed by atoms with Crippen molar-refractivity contribution in [1.82, 2.24) is 9.78 Å². The molecule has 1 fully saturated rings. The number of hydrogen-bond donors (Lipinski definition) is 0. The van der Waals surface area contributed by atoms with Crippen molar-refractivity contribution in [2.24, 2.45) is 7.05 Å². The number of rotatable bonds is 3. The maximum absolute atomic E-state index is 12.3. The first-order valence-electron chi connectivity index (χ1n) is 5.03. The summed E-state index contributed by atoms with van der Waals surface area (Å²) in [6.07, 6.45) is 1.59. The van der Waals surface area contributed by atoms with Gasteiger partial charge in [-0.2, -0.15) is 16.9 Å². The summed E-state index contributed by atoms with van der Waals surface area (Å²) in [5.74, 6) is 3.77. The number of carbonyl (C=O) groups is 1. The molecule has 16 heavy (non-hydrogen) atoms. The molecule has 0 spiro atoms. The molecule has 0 aromatic carbocycles. The molecule has 0 saturated carbocycles. The average molecular weight is 258 g/mol. The van der Waals surface area contributed by atoms with Crippen molar-refractivity contribution in [2.75, 3.05) is 24.4 Å². The van der Waals surface area contributed by atoms with E-state index in [1.807, 2.05) is 11.8 Å². The van der Waals surface area contributed by atoms with E-state index in [4.69, 9.17) is 4.74 Å². The predicted octanol–water partition coefficient (Wildman–Crippen LogP) is 1.46. The average Bonchev–Trinajstić information content (AvgIpc) is 2.70. The summed E-state index contributed by atoms with van der Waals surface area (Å²) in [5, 5.41) is 4.10. The van der Waals surface area contributed by atoms with Gasteiger partial charge in [0.25, 0.3) is 0 Å². The Kier molecular flexibility index (Phi) is 3.81. The number of hydrogen-bond acceptors (Lipinski definition) is 5. The Balaban J connectivity index is 2.21. The van der Waals surface area contributed by atoms with Crippen LogP contribution in [0.2, 0.25) is 0 Å². The van der Waals surface area contributed by atoms with Crippen LogP contribution in [0.3, 0.4) is 0 Å². The fourth-order valence-electron chi connectivity index (χ4n) is 1.64. The maximum Gasteiger partial charge on any atom is 0.198 e. The van der Waals surface area contributed by atoms with Gasteiger partial charge >= 0.3 is 0 Å². The zero-order chi connectivity index (χ0) is 11.5. The minimum Gasteiger partial charge on any atom is -0.493 e. The van der Waals surface area contributed by atoms with E-state index in [1.54, 1.807) is 36.8 Å². The molecule has 88 valence electrons. The second-order valence-corrected chi connectivity index (χ2v) is 5.94. The van der Waals surface area contributed by atoms with E-state index in [2.05, 4.69) is 5.10 Å². The van der Waals surface area contributed by atoms with E-state index in [-0.39, 0.29) is 11.0 Å². The Bertz CT molecular complexity index is 386. The van der Waals surface area contributed by atoms with Crippen LogP contribution in [0.25, 0.3) is 0 Å². The number of Topliss-reactive ketones (excluding diaryl/α,β-unsaturated/α-hetero) is 1. The molecule has 0 radical (unpaired) electrons. The minimum absolute atomic E-state index is 0.0445. The quantitative estimate of drug-likeness (QED) is 0.768. The lowest BCUT2D eigenvalue weighted by molar-refractivity contribution is 0.0983. The smallest absolute Gasteiger partial charge is 0.198 e. The second kappa shape index (κ2) is 5.14. The van der Waals surface area contributed by atoms with Crippen LogP contribution < -0.4 is 4.74 Å². The van der Waals surface area contributed by atoms with E-state index in [0.717, 1.165) is 17.3 Å². The molecule has 1 aliphatic rings. The largest absolute Gasteiger partial charge is 0.493 e. The zero-order valence-corrected chi connectivity index (χ0v) is 10.9. The molecule has 1 saturated heterocycles. The number of ketones is 1. The van der Waals surface area contributed by atoms with Gasteiger partial charge in [0.2, 0.25) is 0 Å². The Labute approximate surface area is 103 Å². The van der Waals surface area contributed by atoms with Gasteiger partial charge in [-0.25, -0.2) is 0 Å². The van der Waals surface area contributed by atoms with Gasteiger partial charge in [-0.15, -0.1) is 11.8 Å². The highest BCUT2D eigenvalue weighted by Crippen LogP contribution is 2.29. The molecule has 0 N–H and O–H groups in total. The normalized spacial score (nSPS) is 20.8.